The monoisotopic (exact) mass is 681 g/mol. The van der Waals surface area contributed by atoms with Crippen LogP contribution in [0, 0.1) is 5.92 Å². The number of rotatable bonds is 14. The molecule has 0 aliphatic carbocycles. The zero-order valence-electron chi connectivity index (χ0n) is 25.9. The van der Waals surface area contributed by atoms with Crippen LogP contribution in [0.1, 0.15) is 25.0 Å². The summed E-state index contributed by atoms with van der Waals surface area (Å²) in [5.41, 5.74) is 1.66. The van der Waals surface area contributed by atoms with E-state index in [1.165, 1.54) is 4.90 Å². The maximum atomic E-state index is 14.3. The molecule has 0 fully saturated rings. The minimum Gasteiger partial charge on any atom is -0.457 e. The van der Waals surface area contributed by atoms with Gasteiger partial charge in [-0.15, -0.1) is 0 Å². The molecular weight excluding hydrogens is 645 g/mol. The molecule has 46 heavy (non-hydrogen) atoms. The number of amides is 2. The predicted octanol–water partition coefficient (Wildman–Crippen LogP) is 6.96. The van der Waals surface area contributed by atoms with Crippen molar-refractivity contribution in [1.82, 2.24) is 10.2 Å². The molecule has 4 aromatic carbocycles. The van der Waals surface area contributed by atoms with Gasteiger partial charge in [0.25, 0.3) is 0 Å². The lowest BCUT2D eigenvalue weighted by Crippen LogP contribution is -2.53. The third-order valence-electron chi connectivity index (χ3n) is 7.09. The van der Waals surface area contributed by atoms with Crippen LogP contribution in [0.3, 0.4) is 0 Å². The van der Waals surface area contributed by atoms with Crippen molar-refractivity contribution in [3.63, 3.8) is 0 Å². The topological polar surface area (TPSA) is 96.0 Å². The Hall–Kier alpha value is -4.05. The minimum absolute atomic E-state index is 0.0527. The lowest BCUT2D eigenvalue weighted by molar-refractivity contribution is -0.140. The second-order valence-electron chi connectivity index (χ2n) is 11.3. The number of hydrogen-bond donors (Lipinski definition) is 1. The van der Waals surface area contributed by atoms with Gasteiger partial charge in [-0.25, -0.2) is 8.42 Å². The molecule has 1 atom stereocenters. The first-order valence-electron chi connectivity index (χ1n) is 14.8. The van der Waals surface area contributed by atoms with E-state index in [1.54, 1.807) is 54.6 Å². The Labute approximate surface area is 280 Å². The van der Waals surface area contributed by atoms with Crippen LogP contribution >= 0.6 is 23.2 Å². The van der Waals surface area contributed by atoms with Crippen molar-refractivity contribution in [1.29, 1.82) is 0 Å². The van der Waals surface area contributed by atoms with Crippen LogP contribution in [0.15, 0.2) is 103 Å². The Bertz CT molecular complexity index is 1720. The smallest absolute Gasteiger partial charge is 0.244 e. The Morgan fingerprint density at radius 1 is 0.848 bits per heavy atom. The molecule has 0 aliphatic rings. The number of nitrogens with one attached hydrogen (secondary N) is 1. The lowest BCUT2D eigenvalue weighted by atomic mass is 10.0. The van der Waals surface area contributed by atoms with E-state index in [2.05, 4.69) is 5.32 Å². The van der Waals surface area contributed by atoms with Gasteiger partial charge in [-0.3, -0.25) is 13.9 Å². The molecule has 4 rings (SSSR count). The number of anilines is 1. The standard InChI is InChI=1S/C35H37Cl2N3O5S/c1-25(2)22-38-35(42)33(20-26-10-6-4-7-11-26)39(23-27-14-15-28(36)21-32(27)37)34(41)24-40(46(3,43)44)29-16-18-31(19-17-29)45-30-12-8-5-9-13-30/h4-19,21,25,33H,20,22-24H2,1-3H3,(H,38,42). The van der Waals surface area contributed by atoms with Gasteiger partial charge in [-0.1, -0.05) is 91.6 Å². The van der Waals surface area contributed by atoms with Gasteiger partial charge >= 0.3 is 0 Å². The van der Waals surface area contributed by atoms with E-state index in [9.17, 15) is 18.0 Å². The summed E-state index contributed by atoms with van der Waals surface area (Å²) in [5.74, 6) is 0.359. The Morgan fingerprint density at radius 3 is 2.04 bits per heavy atom. The number of sulfonamides is 1. The summed E-state index contributed by atoms with van der Waals surface area (Å²) >= 11 is 12.7. The molecule has 1 N–H and O–H groups in total. The van der Waals surface area contributed by atoms with Gasteiger partial charge in [0.1, 0.15) is 24.1 Å². The zero-order chi connectivity index (χ0) is 33.3. The van der Waals surface area contributed by atoms with E-state index in [-0.39, 0.29) is 30.5 Å². The van der Waals surface area contributed by atoms with Gasteiger partial charge in [-0.05, 0) is 65.6 Å². The zero-order valence-corrected chi connectivity index (χ0v) is 28.2. The molecule has 11 heteroatoms. The number of carbonyl (C=O) groups is 2. The van der Waals surface area contributed by atoms with Gasteiger partial charge in [0.15, 0.2) is 0 Å². The number of carbonyl (C=O) groups excluding carboxylic acids is 2. The van der Waals surface area contributed by atoms with Crippen molar-refractivity contribution >= 4 is 50.7 Å². The number of hydrogen-bond acceptors (Lipinski definition) is 5. The van der Waals surface area contributed by atoms with E-state index < -0.39 is 28.5 Å². The first kappa shape index (κ1) is 34.8. The van der Waals surface area contributed by atoms with Crippen molar-refractivity contribution in [2.45, 2.75) is 32.9 Å². The highest BCUT2D eigenvalue weighted by molar-refractivity contribution is 7.92. The fourth-order valence-electron chi connectivity index (χ4n) is 4.73. The largest absolute Gasteiger partial charge is 0.457 e. The fraction of sp³-hybridized carbons (Fsp3) is 0.257. The summed E-state index contributed by atoms with van der Waals surface area (Å²) in [7, 11) is -3.93. The highest BCUT2D eigenvalue weighted by atomic mass is 35.5. The van der Waals surface area contributed by atoms with Crippen LogP contribution in [0.2, 0.25) is 10.0 Å². The average Bonchev–Trinajstić information content (AvgIpc) is 3.02. The van der Waals surface area contributed by atoms with E-state index in [1.807, 2.05) is 62.4 Å². The van der Waals surface area contributed by atoms with Crippen LogP contribution in [-0.2, 0) is 32.6 Å². The lowest BCUT2D eigenvalue weighted by Gasteiger charge is -2.34. The molecule has 0 bridgehead atoms. The molecule has 8 nitrogen and oxygen atoms in total. The molecule has 0 saturated carbocycles. The van der Waals surface area contributed by atoms with Crippen molar-refractivity contribution in [3.8, 4) is 11.5 Å². The van der Waals surface area contributed by atoms with Crippen molar-refractivity contribution in [2.75, 3.05) is 23.7 Å². The summed E-state index contributed by atoms with van der Waals surface area (Å²) < 4.78 is 33.1. The van der Waals surface area contributed by atoms with E-state index in [0.29, 0.717) is 33.7 Å². The third kappa shape index (κ3) is 9.97. The molecule has 242 valence electrons. The predicted molar refractivity (Wildman–Crippen MR) is 184 cm³/mol. The van der Waals surface area contributed by atoms with E-state index >= 15 is 0 Å². The fourth-order valence-corrected chi connectivity index (χ4v) is 6.05. The van der Waals surface area contributed by atoms with Gasteiger partial charge in [0.05, 0.1) is 11.9 Å². The first-order chi connectivity index (χ1) is 21.9. The van der Waals surface area contributed by atoms with Crippen LogP contribution < -0.4 is 14.4 Å². The average molecular weight is 683 g/mol. The summed E-state index contributed by atoms with van der Waals surface area (Å²) in [4.78, 5) is 29.4. The van der Waals surface area contributed by atoms with Crippen LogP contribution in [-0.4, -0.2) is 50.5 Å². The molecule has 0 spiro atoms. The summed E-state index contributed by atoms with van der Waals surface area (Å²) in [6.45, 7) is 3.75. The summed E-state index contributed by atoms with van der Waals surface area (Å²) in [6, 6.07) is 28.9. The molecule has 0 aromatic heterocycles. The number of para-hydroxylation sites is 1. The van der Waals surface area contributed by atoms with Crippen LogP contribution in [0.5, 0.6) is 11.5 Å². The second kappa shape index (κ2) is 16.0. The van der Waals surface area contributed by atoms with E-state index in [4.69, 9.17) is 27.9 Å². The van der Waals surface area contributed by atoms with Gasteiger partial charge in [-0.2, -0.15) is 0 Å². The molecule has 1 unspecified atom stereocenters. The Morgan fingerprint density at radius 2 is 1.46 bits per heavy atom. The number of ether oxygens (including phenoxy) is 1. The van der Waals surface area contributed by atoms with Crippen molar-refractivity contribution < 1.29 is 22.7 Å². The molecule has 0 heterocycles. The second-order valence-corrected chi connectivity index (χ2v) is 14.0. The Kier molecular flexibility index (Phi) is 12.1. The molecule has 2 amide bonds. The van der Waals surface area contributed by atoms with Gasteiger partial charge < -0.3 is 15.0 Å². The van der Waals surface area contributed by atoms with Crippen molar-refractivity contribution in [3.05, 3.63) is 124 Å². The quantitative estimate of drug-likeness (QED) is 0.155. The van der Waals surface area contributed by atoms with Gasteiger partial charge in [0, 0.05) is 29.6 Å². The molecule has 0 radical (unpaired) electrons. The molecule has 0 aliphatic heterocycles. The Balaban J connectivity index is 1.69. The summed E-state index contributed by atoms with van der Waals surface area (Å²) in [5, 5.41) is 3.70. The number of nitrogens with zero attached hydrogens (tertiary/aromatic N) is 2. The summed E-state index contributed by atoms with van der Waals surface area (Å²) in [6.07, 6.45) is 1.23. The number of halogens is 2. The molecule has 0 saturated heterocycles. The van der Waals surface area contributed by atoms with Crippen LogP contribution in [0.25, 0.3) is 0 Å². The highest BCUT2D eigenvalue weighted by Crippen LogP contribution is 2.27. The normalized spacial score (nSPS) is 12.0. The molecular formula is C35H37Cl2N3O5S. The maximum absolute atomic E-state index is 14.3. The van der Waals surface area contributed by atoms with Crippen LogP contribution in [0.4, 0.5) is 5.69 Å². The number of benzene rings is 4. The van der Waals surface area contributed by atoms with E-state index in [0.717, 1.165) is 16.1 Å². The minimum atomic E-state index is -3.93. The SMILES string of the molecule is CC(C)CNC(=O)C(Cc1ccccc1)N(Cc1ccc(Cl)cc1Cl)C(=O)CN(c1ccc(Oc2ccccc2)cc1)S(C)(=O)=O. The third-order valence-corrected chi connectivity index (χ3v) is 8.82. The first-order valence-corrected chi connectivity index (χ1v) is 17.4. The van der Waals surface area contributed by atoms with Crippen molar-refractivity contribution in [2.24, 2.45) is 5.92 Å². The maximum Gasteiger partial charge on any atom is 0.244 e. The van der Waals surface area contributed by atoms with Gasteiger partial charge in [0.2, 0.25) is 21.8 Å². The highest BCUT2D eigenvalue weighted by Gasteiger charge is 2.33. The molecule has 4 aromatic rings.